The highest BCUT2D eigenvalue weighted by Gasteiger charge is 2.41. The van der Waals surface area contributed by atoms with E-state index >= 15 is 0 Å². The lowest BCUT2D eigenvalue weighted by atomic mass is 9.78. The molecule has 0 saturated heterocycles. The molecule has 36 heavy (non-hydrogen) atoms. The van der Waals surface area contributed by atoms with Gasteiger partial charge in [-0.1, -0.05) is 12.1 Å². The lowest BCUT2D eigenvalue weighted by molar-refractivity contribution is -0.138. The van der Waals surface area contributed by atoms with Crippen LogP contribution in [0.3, 0.4) is 0 Å². The van der Waals surface area contributed by atoms with Gasteiger partial charge in [-0.3, -0.25) is 4.79 Å². The molecule has 1 fully saturated rings. The van der Waals surface area contributed by atoms with E-state index in [4.69, 9.17) is 0 Å². The van der Waals surface area contributed by atoms with Crippen molar-refractivity contribution in [1.29, 1.82) is 0 Å². The number of aromatic nitrogens is 3. The van der Waals surface area contributed by atoms with Crippen LogP contribution in [0.15, 0.2) is 42.7 Å². The summed E-state index contributed by atoms with van der Waals surface area (Å²) in [6.07, 6.45) is -0.0772. The summed E-state index contributed by atoms with van der Waals surface area (Å²) in [5.41, 5.74) is -1.09. The Hall–Kier alpha value is -3.24. The van der Waals surface area contributed by atoms with Crippen LogP contribution >= 0.6 is 0 Å². The van der Waals surface area contributed by atoms with Gasteiger partial charge in [-0.2, -0.15) is 13.2 Å². The molecular weight excluding hydrogens is 471 g/mol. The van der Waals surface area contributed by atoms with E-state index in [-0.39, 0.29) is 29.8 Å². The van der Waals surface area contributed by atoms with Gasteiger partial charge in [0.05, 0.1) is 12.1 Å². The summed E-state index contributed by atoms with van der Waals surface area (Å²) in [5, 5.41) is 22.3. The first-order chi connectivity index (χ1) is 16.9. The maximum atomic E-state index is 14.0. The Morgan fingerprint density at radius 2 is 1.94 bits per heavy atom. The first kappa shape index (κ1) is 24.5. The zero-order chi connectivity index (χ0) is 25.9. The third kappa shape index (κ3) is 4.18. The number of benzene rings is 2. The molecule has 1 saturated carbocycles. The molecule has 0 spiro atoms. The number of amides is 1. The monoisotopic (exact) mass is 499 g/mol. The van der Waals surface area contributed by atoms with Crippen molar-refractivity contribution in [3.05, 3.63) is 76.4 Å². The number of nitrogens with zero attached hydrogens (tertiary/aromatic N) is 4. The minimum absolute atomic E-state index is 0.0310. The standard InChI is InChI=1S/C26H28F3N5O2/c1-24(8-5-9-24)30-13-16-10-19-20(21(11-16)26(27,28)29)14-34(22(19)35)18-7-4-6-17(12-18)25(2,36)23-32-31-15-33(23)3/h4,6-7,10-12,15,30,36H,5,8-9,13-14H2,1-3H3. The minimum Gasteiger partial charge on any atom is -0.377 e. The molecule has 3 aromatic rings. The van der Waals surface area contributed by atoms with Gasteiger partial charge in [0.25, 0.3) is 5.91 Å². The molecule has 2 aliphatic rings. The Labute approximate surface area is 207 Å². The fraction of sp³-hybridized carbons (Fsp3) is 0.423. The van der Waals surface area contributed by atoms with Crippen LogP contribution in [0.5, 0.6) is 0 Å². The van der Waals surface area contributed by atoms with Crippen LogP contribution in [-0.4, -0.2) is 31.3 Å². The number of aliphatic hydroxyl groups is 1. The van der Waals surface area contributed by atoms with E-state index in [1.807, 2.05) is 0 Å². The second-order valence-corrected chi connectivity index (χ2v) is 10.2. The van der Waals surface area contributed by atoms with Crippen molar-refractivity contribution in [3.63, 3.8) is 0 Å². The average Bonchev–Trinajstić information content (AvgIpc) is 3.39. The molecule has 0 radical (unpaired) electrons. The number of rotatable bonds is 6. The largest absolute Gasteiger partial charge is 0.416 e. The van der Waals surface area contributed by atoms with Gasteiger partial charge in [0.1, 0.15) is 11.9 Å². The van der Waals surface area contributed by atoms with Crippen LogP contribution < -0.4 is 10.2 Å². The van der Waals surface area contributed by atoms with E-state index in [9.17, 15) is 23.1 Å². The molecule has 1 amide bonds. The number of anilines is 1. The van der Waals surface area contributed by atoms with E-state index in [1.165, 1.54) is 11.2 Å². The summed E-state index contributed by atoms with van der Waals surface area (Å²) < 4.78 is 43.7. The van der Waals surface area contributed by atoms with Gasteiger partial charge < -0.3 is 19.9 Å². The second kappa shape index (κ2) is 8.41. The number of fused-ring (bicyclic) bond motifs is 1. The molecular formula is C26H28F3N5O2. The maximum absolute atomic E-state index is 14.0. The van der Waals surface area contributed by atoms with Gasteiger partial charge in [-0.05, 0) is 74.1 Å². The number of aryl methyl sites for hydroxylation is 1. The van der Waals surface area contributed by atoms with Crippen molar-refractivity contribution in [2.45, 2.75) is 63.5 Å². The van der Waals surface area contributed by atoms with Gasteiger partial charge >= 0.3 is 6.18 Å². The number of carbonyl (C=O) groups excluding carboxylic acids is 1. The molecule has 2 N–H and O–H groups in total. The van der Waals surface area contributed by atoms with Crippen molar-refractivity contribution in [2.24, 2.45) is 7.05 Å². The third-order valence-corrected chi connectivity index (χ3v) is 7.45. The predicted molar refractivity (Wildman–Crippen MR) is 127 cm³/mol. The molecule has 7 nitrogen and oxygen atoms in total. The lowest BCUT2D eigenvalue weighted by Gasteiger charge is -2.39. The molecule has 5 rings (SSSR count). The number of hydrogen-bond donors (Lipinski definition) is 2. The molecule has 1 aliphatic carbocycles. The molecule has 0 bridgehead atoms. The first-order valence-electron chi connectivity index (χ1n) is 11.9. The van der Waals surface area contributed by atoms with Gasteiger partial charge in [0.15, 0.2) is 5.82 Å². The molecule has 1 atom stereocenters. The second-order valence-electron chi connectivity index (χ2n) is 10.2. The summed E-state index contributed by atoms with van der Waals surface area (Å²) in [4.78, 5) is 14.7. The zero-order valence-corrected chi connectivity index (χ0v) is 20.4. The van der Waals surface area contributed by atoms with E-state index in [2.05, 4.69) is 22.4 Å². The molecule has 1 unspecified atom stereocenters. The Balaban J connectivity index is 1.48. The maximum Gasteiger partial charge on any atom is 0.416 e. The molecule has 190 valence electrons. The van der Waals surface area contributed by atoms with Crippen molar-refractivity contribution in [2.75, 3.05) is 4.90 Å². The minimum atomic E-state index is -4.59. The highest BCUT2D eigenvalue weighted by atomic mass is 19.4. The SMILES string of the molecule is Cn1cnnc1C(C)(O)c1cccc(N2Cc3c(cc(CNC4(C)CCC4)cc3C(F)(F)F)C2=O)c1. The number of carbonyl (C=O) groups is 1. The van der Waals surface area contributed by atoms with Gasteiger partial charge in [-0.15, -0.1) is 10.2 Å². The summed E-state index contributed by atoms with van der Waals surface area (Å²) in [6, 6.07) is 9.31. The predicted octanol–water partition coefficient (Wildman–Crippen LogP) is 4.28. The van der Waals surface area contributed by atoms with Crippen LogP contribution in [0.2, 0.25) is 0 Å². The van der Waals surface area contributed by atoms with E-state index in [1.54, 1.807) is 48.9 Å². The highest BCUT2D eigenvalue weighted by molar-refractivity contribution is 6.10. The molecule has 1 aliphatic heterocycles. The van der Waals surface area contributed by atoms with Crippen LogP contribution in [0.1, 0.15) is 71.5 Å². The Morgan fingerprint density at radius 1 is 1.19 bits per heavy atom. The van der Waals surface area contributed by atoms with E-state index < -0.39 is 23.2 Å². The van der Waals surface area contributed by atoms with Crippen molar-refractivity contribution < 1.29 is 23.1 Å². The smallest absolute Gasteiger partial charge is 0.377 e. The van der Waals surface area contributed by atoms with Gasteiger partial charge in [0, 0.05) is 30.4 Å². The molecule has 10 heteroatoms. The summed E-state index contributed by atoms with van der Waals surface area (Å²) >= 11 is 0. The molecule has 2 heterocycles. The summed E-state index contributed by atoms with van der Waals surface area (Å²) in [7, 11) is 1.70. The molecule has 1 aromatic heterocycles. The summed E-state index contributed by atoms with van der Waals surface area (Å²) in [6.45, 7) is 3.67. The molecule has 2 aromatic carbocycles. The van der Waals surface area contributed by atoms with E-state index in [0.29, 0.717) is 22.6 Å². The number of hydrogen-bond acceptors (Lipinski definition) is 5. The van der Waals surface area contributed by atoms with E-state index in [0.717, 1.165) is 25.3 Å². The average molecular weight is 500 g/mol. The van der Waals surface area contributed by atoms with Crippen LogP contribution in [0.4, 0.5) is 18.9 Å². The van der Waals surface area contributed by atoms with Crippen LogP contribution in [0, 0.1) is 0 Å². The number of halogens is 3. The van der Waals surface area contributed by atoms with Crippen LogP contribution in [0.25, 0.3) is 0 Å². The lowest BCUT2D eigenvalue weighted by Crippen LogP contribution is -2.47. The van der Waals surface area contributed by atoms with Crippen molar-refractivity contribution in [1.82, 2.24) is 20.1 Å². The Morgan fingerprint density at radius 3 is 2.56 bits per heavy atom. The quantitative estimate of drug-likeness (QED) is 0.529. The normalized spacial score (nSPS) is 18.6. The first-order valence-corrected chi connectivity index (χ1v) is 11.9. The van der Waals surface area contributed by atoms with Crippen molar-refractivity contribution in [3.8, 4) is 0 Å². The third-order valence-electron chi connectivity index (χ3n) is 7.45. The van der Waals surface area contributed by atoms with Crippen molar-refractivity contribution >= 4 is 11.6 Å². The van der Waals surface area contributed by atoms with Crippen LogP contribution in [-0.2, 0) is 31.9 Å². The Bertz CT molecular complexity index is 1330. The fourth-order valence-corrected chi connectivity index (χ4v) is 5.06. The zero-order valence-electron chi connectivity index (χ0n) is 20.4. The number of alkyl halides is 3. The van der Waals surface area contributed by atoms with Gasteiger partial charge in [-0.25, -0.2) is 0 Å². The number of nitrogens with one attached hydrogen (secondary N) is 1. The van der Waals surface area contributed by atoms with Gasteiger partial charge in [0.2, 0.25) is 0 Å². The topological polar surface area (TPSA) is 83.3 Å². The Kier molecular flexibility index (Phi) is 5.72. The highest BCUT2D eigenvalue weighted by Crippen LogP contribution is 2.40. The summed E-state index contributed by atoms with van der Waals surface area (Å²) in [5.74, 6) is -0.199. The fourth-order valence-electron chi connectivity index (χ4n) is 5.06.